The van der Waals surface area contributed by atoms with E-state index in [1.54, 1.807) is 24.4 Å². The number of aliphatic carboxylic acids is 1. The summed E-state index contributed by atoms with van der Waals surface area (Å²) >= 11 is 1.13. The van der Waals surface area contributed by atoms with Crippen molar-refractivity contribution in [1.82, 2.24) is 4.90 Å². The minimum atomic E-state index is -2.39. The quantitative estimate of drug-likeness (QED) is 0.503. The van der Waals surface area contributed by atoms with E-state index in [0.717, 1.165) is 22.3 Å². The van der Waals surface area contributed by atoms with Crippen LogP contribution in [0.3, 0.4) is 0 Å². The number of halogens is 2. The highest BCUT2D eigenvalue weighted by Gasteiger charge is 2.80. The van der Waals surface area contributed by atoms with Crippen LogP contribution in [-0.4, -0.2) is 80.8 Å². The maximum Gasteiger partial charge on any atom is 0.326 e. The summed E-state index contributed by atoms with van der Waals surface area (Å²) in [6.07, 6.45) is -0.386. The fourth-order valence-corrected chi connectivity index (χ4v) is 10.2. The van der Waals surface area contributed by atoms with Gasteiger partial charge >= 0.3 is 5.97 Å². The van der Waals surface area contributed by atoms with Gasteiger partial charge in [-0.3, -0.25) is 14.4 Å². The average Bonchev–Trinajstić information content (AvgIpc) is 3.61. The number of alkyl halides is 2. The Hall–Kier alpha value is -2.76. The van der Waals surface area contributed by atoms with E-state index in [9.17, 15) is 34.5 Å². The molecule has 5 aliphatic rings. The first-order chi connectivity index (χ1) is 18.8. The summed E-state index contributed by atoms with van der Waals surface area (Å²) in [6, 6.07) is 1.79. The van der Waals surface area contributed by atoms with Gasteiger partial charge in [0.1, 0.15) is 18.8 Å². The van der Waals surface area contributed by atoms with Crippen LogP contribution in [0.15, 0.2) is 41.3 Å². The standard InChI is InChI=1S/C29H31F2NO7S/c1-26-6-5-14(34)8-17(26)19(30)10-16-15-9-18-23(25(38)39)32(24(37)20-4-3-7-40-20)13-28(18,22(36)12-33)27(15,2)11-21(35)29(16,26)31/h3-8,15-16,18-19,21,23,33,35H,9-13H2,1-2H3,(H,38,39)/t15-,16-,18-,19-,21-,23?,26-,27-,28+,29-/m0/s1. The van der Waals surface area contributed by atoms with Gasteiger partial charge in [0, 0.05) is 23.8 Å². The first-order valence-corrected chi connectivity index (χ1v) is 14.3. The van der Waals surface area contributed by atoms with Gasteiger partial charge in [0.25, 0.3) is 5.91 Å². The molecule has 6 rings (SSSR count). The van der Waals surface area contributed by atoms with Gasteiger partial charge in [-0.1, -0.05) is 19.1 Å². The molecule has 1 saturated heterocycles. The van der Waals surface area contributed by atoms with Crippen LogP contribution in [0.2, 0.25) is 0 Å². The second-order valence-corrected chi connectivity index (χ2v) is 13.4. The Morgan fingerprint density at radius 2 is 1.90 bits per heavy atom. The number of carbonyl (C=O) groups is 4. The monoisotopic (exact) mass is 575 g/mol. The fraction of sp³-hybridized carbons (Fsp3) is 0.586. The predicted molar refractivity (Wildman–Crippen MR) is 139 cm³/mol. The molecule has 0 bridgehead atoms. The van der Waals surface area contributed by atoms with Gasteiger partial charge in [-0.15, -0.1) is 11.3 Å². The van der Waals surface area contributed by atoms with Crippen molar-refractivity contribution in [3.63, 3.8) is 0 Å². The molecule has 2 heterocycles. The molecule has 1 aromatic rings. The molecule has 4 fully saturated rings. The third kappa shape index (κ3) is 3.06. The molecule has 10 atom stereocenters. The number of carboxylic acid groups (broad SMARTS) is 1. The maximum atomic E-state index is 17.5. The number of hydrogen-bond donors (Lipinski definition) is 3. The number of carboxylic acids is 1. The van der Waals surface area contributed by atoms with Crippen molar-refractivity contribution in [2.24, 2.45) is 34.0 Å². The summed E-state index contributed by atoms with van der Waals surface area (Å²) in [5.74, 6) is -5.84. The summed E-state index contributed by atoms with van der Waals surface area (Å²) in [5, 5.41) is 33.8. The normalized spacial score (nSPS) is 45.3. The Bertz CT molecular complexity index is 1380. The molecule has 214 valence electrons. The number of rotatable bonds is 4. The second-order valence-electron chi connectivity index (χ2n) is 12.4. The Kier molecular flexibility index (Phi) is 5.91. The zero-order chi connectivity index (χ0) is 29.0. The van der Waals surface area contributed by atoms with E-state index in [4.69, 9.17) is 0 Å². The molecule has 1 aliphatic heterocycles. The van der Waals surface area contributed by atoms with Crippen LogP contribution in [0, 0.1) is 34.0 Å². The van der Waals surface area contributed by atoms with E-state index in [0.29, 0.717) is 4.88 Å². The van der Waals surface area contributed by atoms with E-state index in [2.05, 4.69) is 0 Å². The lowest BCUT2D eigenvalue weighted by atomic mass is 9.43. The van der Waals surface area contributed by atoms with E-state index >= 15 is 8.78 Å². The second kappa shape index (κ2) is 8.62. The van der Waals surface area contributed by atoms with E-state index in [1.807, 2.05) is 0 Å². The highest BCUT2D eigenvalue weighted by Crippen LogP contribution is 2.75. The lowest BCUT2D eigenvalue weighted by Crippen LogP contribution is -2.69. The molecule has 0 aromatic carbocycles. The van der Waals surface area contributed by atoms with Crippen molar-refractivity contribution < 1.29 is 43.3 Å². The number of aliphatic hydroxyl groups excluding tert-OH is 2. The molecule has 8 nitrogen and oxygen atoms in total. The van der Waals surface area contributed by atoms with Crippen LogP contribution in [0.5, 0.6) is 0 Å². The van der Waals surface area contributed by atoms with Crippen LogP contribution >= 0.6 is 11.3 Å². The number of fused-ring (bicyclic) bond motifs is 7. The highest BCUT2D eigenvalue weighted by atomic mass is 32.1. The molecule has 0 spiro atoms. The van der Waals surface area contributed by atoms with Crippen molar-refractivity contribution >= 4 is 34.8 Å². The van der Waals surface area contributed by atoms with Gasteiger partial charge in [-0.2, -0.15) is 0 Å². The van der Waals surface area contributed by atoms with Gasteiger partial charge < -0.3 is 20.2 Å². The van der Waals surface area contributed by atoms with E-state index < -0.39 is 88.0 Å². The summed E-state index contributed by atoms with van der Waals surface area (Å²) in [6.45, 7) is 1.92. The molecule has 1 aromatic heterocycles. The van der Waals surface area contributed by atoms with Crippen LogP contribution in [-0.2, 0) is 14.4 Å². The zero-order valence-electron chi connectivity index (χ0n) is 22.0. The Morgan fingerprint density at radius 3 is 2.52 bits per heavy atom. The summed E-state index contributed by atoms with van der Waals surface area (Å²) in [4.78, 5) is 53.5. The van der Waals surface area contributed by atoms with Crippen LogP contribution in [0.4, 0.5) is 8.78 Å². The number of hydrogen-bond acceptors (Lipinski definition) is 7. The van der Waals surface area contributed by atoms with Crippen molar-refractivity contribution in [3.05, 3.63) is 46.2 Å². The lowest BCUT2D eigenvalue weighted by Gasteiger charge is -2.63. The van der Waals surface area contributed by atoms with Gasteiger partial charge in [0.2, 0.25) is 0 Å². The number of Topliss-reactive ketones (excluding diaryl/α,β-unsaturated/α-hetero) is 1. The third-order valence-corrected chi connectivity index (χ3v) is 12.1. The van der Waals surface area contributed by atoms with E-state index in [-0.39, 0.29) is 31.4 Å². The van der Waals surface area contributed by atoms with Crippen molar-refractivity contribution in [2.75, 3.05) is 13.2 Å². The Labute approximate surface area is 233 Å². The SMILES string of the molecule is C[C@]12C=CC(=O)C=C1[C@@H](F)C[C@H]1[C@@H]3C[C@H]4C(C(=O)O)N(C(=O)c5cccs5)C[C@@]4(C(=O)CO)[C@@]3(C)C[C@H](O)[C@@]12F. The average molecular weight is 576 g/mol. The zero-order valence-corrected chi connectivity index (χ0v) is 22.9. The highest BCUT2D eigenvalue weighted by molar-refractivity contribution is 7.12. The molecule has 4 aliphatic carbocycles. The third-order valence-electron chi connectivity index (χ3n) is 11.2. The van der Waals surface area contributed by atoms with Crippen LogP contribution in [0.1, 0.15) is 42.8 Å². The molecule has 11 heteroatoms. The number of aliphatic hydroxyl groups is 2. The number of nitrogens with zero attached hydrogens (tertiary/aromatic N) is 1. The fourth-order valence-electron chi connectivity index (χ4n) is 9.48. The van der Waals surface area contributed by atoms with Crippen LogP contribution < -0.4 is 0 Å². The molecular formula is C29H31F2NO7S. The first-order valence-electron chi connectivity index (χ1n) is 13.5. The van der Waals surface area contributed by atoms with Crippen molar-refractivity contribution in [3.8, 4) is 0 Å². The molecule has 3 saturated carbocycles. The molecule has 3 N–H and O–H groups in total. The van der Waals surface area contributed by atoms with Gasteiger partial charge in [0.05, 0.1) is 16.4 Å². The topological polar surface area (TPSA) is 132 Å². The van der Waals surface area contributed by atoms with Gasteiger partial charge in [0.15, 0.2) is 17.2 Å². The Balaban J connectivity index is 1.50. The Morgan fingerprint density at radius 1 is 1.18 bits per heavy atom. The molecule has 0 radical (unpaired) electrons. The number of allylic oxidation sites excluding steroid dienone is 4. The van der Waals surface area contributed by atoms with Gasteiger partial charge in [-0.25, -0.2) is 13.6 Å². The van der Waals surface area contributed by atoms with Crippen LogP contribution in [0.25, 0.3) is 0 Å². The number of amides is 1. The molecule has 1 amide bonds. The van der Waals surface area contributed by atoms with Crippen molar-refractivity contribution in [2.45, 2.75) is 57.1 Å². The predicted octanol–water partition coefficient (Wildman–Crippen LogP) is 2.75. The van der Waals surface area contributed by atoms with Gasteiger partial charge in [-0.05, 0) is 66.7 Å². The lowest BCUT2D eigenvalue weighted by molar-refractivity contribution is -0.211. The first kappa shape index (κ1) is 27.4. The summed E-state index contributed by atoms with van der Waals surface area (Å²) in [7, 11) is 0. The molecular weight excluding hydrogens is 544 g/mol. The van der Waals surface area contributed by atoms with Crippen molar-refractivity contribution in [1.29, 1.82) is 0 Å². The minimum absolute atomic E-state index is 0.000969. The molecule has 40 heavy (non-hydrogen) atoms. The smallest absolute Gasteiger partial charge is 0.326 e. The minimum Gasteiger partial charge on any atom is -0.480 e. The molecule has 1 unspecified atom stereocenters. The summed E-state index contributed by atoms with van der Waals surface area (Å²) < 4.78 is 33.3. The van der Waals surface area contributed by atoms with E-state index in [1.165, 1.54) is 19.1 Å². The number of likely N-dealkylation sites (tertiary alicyclic amines) is 1. The maximum absolute atomic E-state index is 17.5. The largest absolute Gasteiger partial charge is 0.480 e. The number of carbonyl (C=O) groups excluding carboxylic acids is 3. The summed E-state index contributed by atoms with van der Waals surface area (Å²) in [5.41, 5.74) is -6.89. The number of thiophene rings is 1. The number of ketones is 2.